The van der Waals surface area contributed by atoms with Crippen molar-refractivity contribution in [2.24, 2.45) is 4.99 Å². The molecular formula is C34H27F3N6O3S. The molecule has 47 heavy (non-hydrogen) atoms. The van der Waals surface area contributed by atoms with Gasteiger partial charge in [0.25, 0.3) is 0 Å². The summed E-state index contributed by atoms with van der Waals surface area (Å²) in [6, 6.07) is 25.8. The van der Waals surface area contributed by atoms with Crippen LogP contribution in [0.25, 0.3) is 17.1 Å². The number of nitrogens with one attached hydrogen (secondary N) is 1. The van der Waals surface area contributed by atoms with Crippen molar-refractivity contribution in [3.8, 4) is 22.8 Å². The molecular weight excluding hydrogens is 629 g/mol. The van der Waals surface area contributed by atoms with Gasteiger partial charge >= 0.3 is 12.4 Å². The van der Waals surface area contributed by atoms with Crippen LogP contribution in [0.4, 0.5) is 29.3 Å². The predicted molar refractivity (Wildman–Crippen MR) is 175 cm³/mol. The number of alkyl halides is 3. The van der Waals surface area contributed by atoms with Crippen LogP contribution in [0.1, 0.15) is 22.3 Å². The zero-order valence-electron chi connectivity index (χ0n) is 25.2. The average Bonchev–Trinajstić information content (AvgIpc) is 3.66. The summed E-state index contributed by atoms with van der Waals surface area (Å²) in [6.45, 7) is 3.76. The Balaban J connectivity index is 1.17. The van der Waals surface area contributed by atoms with Crippen LogP contribution in [0.2, 0.25) is 0 Å². The Labute approximate surface area is 272 Å². The molecule has 0 saturated carbocycles. The maximum Gasteiger partial charge on any atom is 0.573 e. The lowest BCUT2D eigenvalue weighted by Gasteiger charge is -2.21. The van der Waals surface area contributed by atoms with E-state index in [2.05, 4.69) is 25.1 Å². The Hall–Kier alpha value is -5.43. The van der Waals surface area contributed by atoms with Crippen LogP contribution < -0.4 is 15.0 Å². The highest BCUT2D eigenvalue weighted by Gasteiger charge is 2.32. The standard InChI is InChI=1S/C34H27F3N6O3S/c1-21-8-9-24(18-23-6-4-3-5-7-23)29(16-21)43-30(44)19-47-33(43)40-32(45)39-28-15-10-25(17-22(28)2)31-38-20-42(41-31)26-11-13-27(14-12-26)46-34(35,36)37/h3-17,20H,18-19H2,1-2H3,(H,39,45). The maximum absolute atomic E-state index is 13.1. The third-order valence-corrected chi connectivity index (χ3v) is 8.16. The molecule has 2 heterocycles. The van der Waals surface area contributed by atoms with Gasteiger partial charge in [-0.1, -0.05) is 54.2 Å². The van der Waals surface area contributed by atoms with Gasteiger partial charge in [0, 0.05) is 11.3 Å². The van der Waals surface area contributed by atoms with Crippen molar-refractivity contribution in [2.45, 2.75) is 26.6 Å². The number of aliphatic imine (C=N–C) groups is 1. The quantitative estimate of drug-likeness (QED) is 0.193. The van der Waals surface area contributed by atoms with Gasteiger partial charge in [0.05, 0.1) is 17.1 Å². The van der Waals surface area contributed by atoms with Crippen molar-refractivity contribution < 1.29 is 27.5 Å². The normalized spacial score (nSPS) is 14.1. The fourth-order valence-electron chi connectivity index (χ4n) is 5.02. The number of halogens is 3. The number of benzene rings is 4. The van der Waals surface area contributed by atoms with Crippen LogP contribution in [0.3, 0.4) is 0 Å². The first kappa shape index (κ1) is 31.5. The highest BCUT2D eigenvalue weighted by molar-refractivity contribution is 8.15. The van der Waals surface area contributed by atoms with E-state index in [-0.39, 0.29) is 17.4 Å². The number of aromatic nitrogens is 3. The second kappa shape index (κ2) is 13.1. The van der Waals surface area contributed by atoms with Gasteiger partial charge in [-0.2, -0.15) is 4.99 Å². The lowest BCUT2D eigenvalue weighted by molar-refractivity contribution is -0.274. The topological polar surface area (TPSA) is 102 Å². The molecule has 0 aliphatic carbocycles. The number of carbonyl (C=O) groups is 2. The first-order valence-electron chi connectivity index (χ1n) is 14.4. The van der Waals surface area contributed by atoms with Crippen LogP contribution in [-0.4, -0.2) is 44.0 Å². The number of aryl methyl sites for hydroxylation is 2. The van der Waals surface area contributed by atoms with Crippen molar-refractivity contribution in [2.75, 3.05) is 16.0 Å². The number of anilines is 2. The molecule has 4 aromatic carbocycles. The van der Waals surface area contributed by atoms with Gasteiger partial charge in [0.15, 0.2) is 11.0 Å². The zero-order chi connectivity index (χ0) is 33.1. The predicted octanol–water partition coefficient (Wildman–Crippen LogP) is 7.71. The van der Waals surface area contributed by atoms with Gasteiger partial charge in [0.2, 0.25) is 5.91 Å². The first-order valence-corrected chi connectivity index (χ1v) is 15.4. The largest absolute Gasteiger partial charge is 0.573 e. The Bertz CT molecular complexity index is 1980. The second-order valence-electron chi connectivity index (χ2n) is 10.7. The minimum Gasteiger partial charge on any atom is -0.406 e. The van der Waals surface area contributed by atoms with Gasteiger partial charge in [0.1, 0.15) is 12.1 Å². The fourth-order valence-corrected chi connectivity index (χ4v) is 5.88. The molecule has 1 aromatic heterocycles. The van der Waals surface area contributed by atoms with Gasteiger partial charge < -0.3 is 10.1 Å². The number of hydrogen-bond donors (Lipinski definition) is 1. The molecule has 1 N–H and O–H groups in total. The molecule has 9 nitrogen and oxygen atoms in total. The Kier molecular flexibility index (Phi) is 8.81. The van der Waals surface area contributed by atoms with E-state index in [0.29, 0.717) is 40.0 Å². The van der Waals surface area contributed by atoms with Gasteiger partial charge in [-0.25, -0.2) is 14.5 Å². The monoisotopic (exact) mass is 656 g/mol. The summed E-state index contributed by atoms with van der Waals surface area (Å²) in [5, 5.41) is 7.54. The van der Waals surface area contributed by atoms with Gasteiger partial charge in [-0.05, 0) is 91.1 Å². The third-order valence-electron chi connectivity index (χ3n) is 7.23. The highest BCUT2D eigenvalue weighted by atomic mass is 32.2. The summed E-state index contributed by atoms with van der Waals surface area (Å²) >= 11 is 1.21. The van der Waals surface area contributed by atoms with Crippen molar-refractivity contribution in [1.29, 1.82) is 0 Å². The summed E-state index contributed by atoms with van der Waals surface area (Å²) in [4.78, 5) is 36.3. The molecule has 13 heteroatoms. The number of carbonyl (C=O) groups excluding carboxylic acids is 2. The smallest absolute Gasteiger partial charge is 0.406 e. The molecule has 6 rings (SSSR count). The highest BCUT2D eigenvalue weighted by Crippen LogP contribution is 2.32. The lowest BCUT2D eigenvalue weighted by Crippen LogP contribution is -2.31. The van der Waals surface area contributed by atoms with Gasteiger partial charge in [-0.3, -0.25) is 9.69 Å². The lowest BCUT2D eigenvalue weighted by atomic mass is 10.0. The van der Waals surface area contributed by atoms with E-state index in [9.17, 15) is 22.8 Å². The van der Waals surface area contributed by atoms with Crippen molar-refractivity contribution in [3.05, 3.63) is 120 Å². The summed E-state index contributed by atoms with van der Waals surface area (Å²) in [5.41, 5.74) is 6.12. The summed E-state index contributed by atoms with van der Waals surface area (Å²) in [5.74, 6) is 0.0556. The van der Waals surface area contributed by atoms with Crippen molar-refractivity contribution in [3.63, 3.8) is 0 Å². The van der Waals surface area contributed by atoms with Crippen molar-refractivity contribution >= 4 is 40.2 Å². The average molecular weight is 657 g/mol. The molecule has 0 radical (unpaired) electrons. The molecule has 0 bridgehead atoms. The third kappa shape index (κ3) is 7.52. The molecule has 1 fully saturated rings. The van der Waals surface area contributed by atoms with Gasteiger partial charge in [-0.15, -0.1) is 18.3 Å². The van der Waals surface area contributed by atoms with Crippen LogP contribution in [0, 0.1) is 13.8 Å². The summed E-state index contributed by atoms with van der Waals surface area (Å²) in [7, 11) is 0. The summed E-state index contributed by atoms with van der Waals surface area (Å²) < 4.78 is 42.7. The van der Waals surface area contributed by atoms with E-state index >= 15 is 0 Å². The second-order valence-corrected chi connectivity index (χ2v) is 11.7. The number of amides is 3. The SMILES string of the molecule is Cc1ccc(Cc2ccccc2)c(N2C(=O)CSC2=NC(=O)Nc2ccc(-c3ncn(-c4ccc(OC(F)(F)F)cc4)n3)cc2C)c1. The molecule has 1 aliphatic rings. The van der Waals surface area contributed by atoms with E-state index in [1.165, 1.54) is 51.9 Å². The number of nitrogens with zero attached hydrogens (tertiary/aromatic N) is 5. The minimum atomic E-state index is -4.78. The minimum absolute atomic E-state index is 0.153. The van der Waals surface area contributed by atoms with E-state index in [0.717, 1.165) is 22.3 Å². The Morgan fingerprint density at radius 2 is 1.77 bits per heavy atom. The summed E-state index contributed by atoms with van der Waals surface area (Å²) in [6.07, 6.45) is -2.71. The first-order chi connectivity index (χ1) is 22.5. The number of urea groups is 1. The fraction of sp³-hybridized carbons (Fsp3) is 0.147. The van der Waals surface area contributed by atoms with Crippen LogP contribution >= 0.6 is 11.8 Å². The Morgan fingerprint density at radius 3 is 2.49 bits per heavy atom. The van der Waals surface area contributed by atoms with E-state index in [4.69, 9.17) is 0 Å². The molecule has 1 saturated heterocycles. The molecule has 3 amide bonds. The number of ether oxygens (including phenoxy) is 1. The molecule has 0 spiro atoms. The molecule has 0 atom stereocenters. The number of thioether (sulfide) groups is 1. The number of amidine groups is 1. The number of rotatable bonds is 7. The zero-order valence-corrected chi connectivity index (χ0v) is 26.0. The molecule has 0 unspecified atom stereocenters. The van der Waals surface area contributed by atoms with Crippen molar-refractivity contribution in [1.82, 2.24) is 14.8 Å². The molecule has 5 aromatic rings. The van der Waals surface area contributed by atoms with E-state index in [1.807, 2.05) is 62.4 Å². The van der Waals surface area contributed by atoms with E-state index in [1.54, 1.807) is 18.2 Å². The van der Waals surface area contributed by atoms with E-state index < -0.39 is 12.4 Å². The van der Waals surface area contributed by atoms with Crippen LogP contribution in [0.5, 0.6) is 5.75 Å². The number of hydrogen-bond acceptors (Lipinski definition) is 6. The molecule has 1 aliphatic heterocycles. The van der Waals surface area contributed by atoms with Crippen LogP contribution in [-0.2, 0) is 11.2 Å². The van der Waals surface area contributed by atoms with Crippen LogP contribution in [0.15, 0.2) is 102 Å². The Morgan fingerprint density at radius 1 is 1.00 bits per heavy atom. The molecule has 238 valence electrons. The maximum atomic E-state index is 13.1.